The highest BCUT2D eigenvalue weighted by Crippen LogP contribution is 2.38. The Balaban J connectivity index is 1.65. The Morgan fingerprint density at radius 2 is 1.73 bits per heavy atom. The van der Waals surface area contributed by atoms with Crippen molar-refractivity contribution < 1.29 is 17.9 Å². The van der Waals surface area contributed by atoms with Gasteiger partial charge in [0.2, 0.25) is 0 Å². The summed E-state index contributed by atoms with van der Waals surface area (Å²) in [5.41, 5.74) is 0.896. The van der Waals surface area contributed by atoms with Gasteiger partial charge in [-0.15, -0.1) is 22.7 Å². The van der Waals surface area contributed by atoms with Crippen molar-refractivity contribution in [3.63, 3.8) is 0 Å². The van der Waals surface area contributed by atoms with Gasteiger partial charge in [0.05, 0.1) is 27.8 Å². The number of halogens is 3. The van der Waals surface area contributed by atoms with Crippen LogP contribution in [0, 0.1) is 0 Å². The lowest BCUT2D eigenvalue weighted by Crippen LogP contribution is -2.03. The summed E-state index contributed by atoms with van der Waals surface area (Å²) in [6.45, 7) is 0. The van der Waals surface area contributed by atoms with E-state index in [2.05, 4.69) is 9.97 Å². The number of fused-ring (bicyclic) bond motifs is 1. The van der Waals surface area contributed by atoms with Gasteiger partial charge in [-0.2, -0.15) is 13.2 Å². The van der Waals surface area contributed by atoms with E-state index in [1.165, 1.54) is 34.8 Å². The Kier molecular flexibility index (Phi) is 4.16. The van der Waals surface area contributed by atoms with Crippen molar-refractivity contribution in [2.75, 3.05) is 7.11 Å². The van der Waals surface area contributed by atoms with Crippen LogP contribution in [0.25, 0.3) is 30.7 Å². The molecule has 0 saturated carbocycles. The highest BCUT2D eigenvalue weighted by molar-refractivity contribution is 7.26. The molecular weight excluding hydrogens is 381 g/mol. The minimum atomic E-state index is -4.33. The second-order valence-electron chi connectivity index (χ2n) is 5.46. The van der Waals surface area contributed by atoms with Gasteiger partial charge in [0.15, 0.2) is 10.0 Å². The smallest absolute Gasteiger partial charge is 0.416 e. The molecule has 2 aromatic heterocycles. The van der Waals surface area contributed by atoms with E-state index < -0.39 is 11.7 Å². The van der Waals surface area contributed by atoms with E-state index in [-0.39, 0.29) is 0 Å². The number of aromatic nitrogens is 2. The van der Waals surface area contributed by atoms with Gasteiger partial charge in [0.25, 0.3) is 0 Å². The highest BCUT2D eigenvalue weighted by Gasteiger charge is 2.30. The summed E-state index contributed by atoms with van der Waals surface area (Å²) in [5, 5.41) is 1.51. The van der Waals surface area contributed by atoms with Crippen LogP contribution in [0.2, 0.25) is 0 Å². The van der Waals surface area contributed by atoms with Crippen molar-refractivity contribution in [3.05, 3.63) is 54.2 Å². The fourth-order valence-electron chi connectivity index (χ4n) is 2.45. The lowest BCUT2D eigenvalue weighted by molar-refractivity contribution is -0.137. The molecule has 0 saturated heterocycles. The molecule has 4 rings (SSSR count). The Hall–Kier alpha value is -2.45. The molecule has 2 heterocycles. The topological polar surface area (TPSA) is 35.0 Å². The third-order valence-electron chi connectivity index (χ3n) is 3.78. The van der Waals surface area contributed by atoms with Gasteiger partial charge in [-0.1, -0.05) is 12.1 Å². The molecule has 0 aliphatic rings. The van der Waals surface area contributed by atoms with E-state index in [4.69, 9.17) is 4.74 Å². The molecule has 4 aromatic rings. The molecule has 0 unspecified atom stereocenters. The summed E-state index contributed by atoms with van der Waals surface area (Å²) in [7, 11) is 1.61. The van der Waals surface area contributed by atoms with E-state index in [1.54, 1.807) is 13.3 Å². The molecule has 26 heavy (non-hydrogen) atoms. The molecule has 0 fully saturated rings. The summed E-state index contributed by atoms with van der Waals surface area (Å²) in [6.07, 6.45) is -2.67. The SMILES string of the molecule is COc1ccc2nc(-c3ncc(-c4ccc(C(F)(F)F)cc4)s3)sc2c1. The number of thiazole rings is 2. The van der Waals surface area contributed by atoms with Crippen LogP contribution in [0.15, 0.2) is 48.7 Å². The molecule has 0 spiro atoms. The maximum atomic E-state index is 12.7. The second-order valence-corrected chi connectivity index (χ2v) is 7.52. The van der Waals surface area contributed by atoms with Gasteiger partial charge >= 0.3 is 6.18 Å². The number of ether oxygens (including phenoxy) is 1. The van der Waals surface area contributed by atoms with Gasteiger partial charge in [0, 0.05) is 6.20 Å². The van der Waals surface area contributed by atoms with Gasteiger partial charge in [-0.3, -0.25) is 0 Å². The summed E-state index contributed by atoms with van der Waals surface area (Å²) in [6, 6.07) is 10.7. The maximum absolute atomic E-state index is 12.7. The molecule has 0 aliphatic carbocycles. The van der Waals surface area contributed by atoms with E-state index in [0.29, 0.717) is 5.56 Å². The van der Waals surface area contributed by atoms with Crippen molar-refractivity contribution in [2.45, 2.75) is 6.18 Å². The van der Waals surface area contributed by atoms with E-state index in [0.717, 1.165) is 43.0 Å². The molecule has 0 amide bonds. The standard InChI is InChI=1S/C18H11F3N2OS2/c1-24-12-6-7-13-14(8-12)25-17(23-13)16-22-9-15(26-16)10-2-4-11(5-3-10)18(19,20)21/h2-9H,1H3. The van der Waals surface area contributed by atoms with Crippen molar-refractivity contribution >= 4 is 32.9 Å². The summed E-state index contributed by atoms with van der Waals surface area (Å²) in [4.78, 5) is 9.76. The Bertz CT molecular complexity index is 1070. The minimum absolute atomic E-state index is 0.661. The lowest BCUT2D eigenvalue weighted by atomic mass is 10.1. The minimum Gasteiger partial charge on any atom is -0.497 e. The summed E-state index contributed by atoms with van der Waals surface area (Å²) >= 11 is 2.90. The van der Waals surface area contributed by atoms with Gasteiger partial charge in [-0.25, -0.2) is 9.97 Å². The number of nitrogens with zero attached hydrogens (tertiary/aromatic N) is 2. The van der Waals surface area contributed by atoms with Crippen LogP contribution in [-0.4, -0.2) is 17.1 Å². The monoisotopic (exact) mass is 392 g/mol. The third kappa shape index (κ3) is 3.17. The molecule has 0 atom stereocenters. The molecule has 0 radical (unpaired) electrons. The number of hydrogen-bond donors (Lipinski definition) is 0. The average molecular weight is 392 g/mol. The van der Waals surface area contributed by atoms with Gasteiger partial charge in [0.1, 0.15) is 5.75 Å². The molecule has 0 aliphatic heterocycles. The van der Waals surface area contributed by atoms with Crippen molar-refractivity contribution in [1.82, 2.24) is 9.97 Å². The molecule has 132 valence electrons. The van der Waals surface area contributed by atoms with Gasteiger partial charge in [-0.05, 0) is 35.9 Å². The van der Waals surface area contributed by atoms with E-state index in [9.17, 15) is 13.2 Å². The van der Waals surface area contributed by atoms with Crippen LogP contribution in [0.3, 0.4) is 0 Å². The first-order valence-corrected chi connectivity index (χ1v) is 9.16. The predicted octanol–water partition coefficient (Wildman–Crippen LogP) is 6.11. The predicted molar refractivity (Wildman–Crippen MR) is 97.7 cm³/mol. The number of rotatable bonds is 3. The van der Waals surface area contributed by atoms with E-state index >= 15 is 0 Å². The number of methoxy groups -OCH3 is 1. The number of alkyl halides is 3. The number of hydrogen-bond acceptors (Lipinski definition) is 5. The highest BCUT2D eigenvalue weighted by atomic mass is 32.1. The molecule has 0 bridgehead atoms. The van der Waals surface area contributed by atoms with Crippen LogP contribution in [-0.2, 0) is 6.18 Å². The lowest BCUT2D eigenvalue weighted by Gasteiger charge is -2.06. The maximum Gasteiger partial charge on any atom is 0.416 e. The van der Waals surface area contributed by atoms with Crippen LogP contribution in [0.4, 0.5) is 13.2 Å². The van der Waals surface area contributed by atoms with Crippen molar-refractivity contribution in [2.24, 2.45) is 0 Å². The van der Waals surface area contributed by atoms with Crippen molar-refractivity contribution in [1.29, 1.82) is 0 Å². The van der Waals surface area contributed by atoms with Gasteiger partial charge < -0.3 is 4.74 Å². The average Bonchev–Trinajstić information content (AvgIpc) is 3.27. The molecule has 3 nitrogen and oxygen atoms in total. The normalized spacial score (nSPS) is 11.8. The zero-order valence-electron chi connectivity index (χ0n) is 13.4. The largest absolute Gasteiger partial charge is 0.497 e. The van der Waals surface area contributed by atoms with Crippen LogP contribution < -0.4 is 4.74 Å². The quantitative estimate of drug-likeness (QED) is 0.422. The Morgan fingerprint density at radius 1 is 0.962 bits per heavy atom. The molecule has 2 aromatic carbocycles. The van der Waals surface area contributed by atoms with Crippen molar-refractivity contribution in [3.8, 4) is 26.2 Å². The Labute approximate surface area is 154 Å². The molecular formula is C18H11F3N2OS2. The first-order valence-electron chi connectivity index (χ1n) is 7.52. The second kappa shape index (κ2) is 6.37. The molecule has 8 heteroatoms. The summed E-state index contributed by atoms with van der Waals surface area (Å²) < 4.78 is 44.2. The van der Waals surface area contributed by atoms with Crippen LogP contribution in [0.1, 0.15) is 5.56 Å². The zero-order chi connectivity index (χ0) is 18.3. The van der Waals surface area contributed by atoms with Crippen LogP contribution in [0.5, 0.6) is 5.75 Å². The number of benzene rings is 2. The fraction of sp³-hybridized carbons (Fsp3) is 0.111. The van der Waals surface area contributed by atoms with E-state index in [1.807, 2.05) is 18.2 Å². The summed E-state index contributed by atoms with van der Waals surface area (Å²) in [5.74, 6) is 0.761. The zero-order valence-corrected chi connectivity index (χ0v) is 15.0. The Morgan fingerprint density at radius 3 is 2.42 bits per heavy atom. The third-order valence-corrected chi connectivity index (χ3v) is 5.99. The fourth-order valence-corrected chi connectivity index (χ4v) is 4.39. The van der Waals surface area contributed by atoms with Crippen LogP contribution >= 0.6 is 22.7 Å². The first-order chi connectivity index (χ1) is 12.4. The molecule has 0 N–H and O–H groups in total. The first kappa shape index (κ1) is 17.0.